The van der Waals surface area contributed by atoms with Gasteiger partial charge < -0.3 is 15.1 Å². The van der Waals surface area contributed by atoms with Crippen LogP contribution >= 0.6 is 11.6 Å². The second-order valence-corrected chi connectivity index (χ2v) is 11.2. The summed E-state index contributed by atoms with van der Waals surface area (Å²) in [5, 5.41) is 3.61. The molecule has 0 aliphatic carbocycles. The first-order valence-corrected chi connectivity index (χ1v) is 13.2. The van der Waals surface area contributed by atoms with E-state index in [1.54, 1.807) is 53.4 Å². The molecule has 2 aromatic carbocycles. The second kappa shape index (κ2) is 10.4. The number of nitrogens with one attached hydrogen (secondary N) is 1. The molecule has 1 saturated heterocycles. The predicted molar refractivity (Wildman–Crippen MR) is 141 cm³/mol. The molecule has 0 unspecified atom stereocenters. The van der Waals surface area contributed by atoms with E-state index in [4.69, 9.17) is 11.6 Å². The zero-order chi connectivity index (χ0) is 26.0. The van der Waals surface area contributed by atoms with Crippen LogP contribution in [0.5, 0.6) is 0 Å². The van der Waals surface area contributed by atoms with Crippen LogP contribution in [0.4, 0.5) is 0 Å². The molecule has 2 heterocycles. The van der Waals surface area contributed by atoms with E-state index in [1.807, 2.05) is 7.05 Å². The lowest BCUT2D eigenvalue weighted by molar-refractivity contribution is -0.128. The first-order valence-electron chi connectivity index (χ1n) is 11.4. The molecular weight excluding hydrogens is 502 g/mol. The van der Waals surface area contributed by atoms with E-state index in [-0.39, 0.29) is 22.2 Å². The Labute approximate surface area is 215 Å². The Morgan fingerprint density at radius 3 is 2.31 bits per heavy atom. The zero-order valence-electron chi connectivity index (χ0n) is 20.3. The number of benzene rings is 2. The lowest BCUT2D eigenvalue weighted by Gasteiger charge is -2.33. The molecule has 9 nitrogen and oxygen atoms in total. The molecule has 1 aromatic heterocycles. The zero-order valence-corrected chi connectivity index (χ0v) is 21.9. The third-order valence-electron chi connectivity index (χ3n) is 6.11. The van der Waals surface area contributed by atoms with Gasteiger partial charge in [-0.2, -0.15) is 12.7 Å². The van der Waals surface area contributed by atoms with Crippen LogP contribution in [0.25, 0.3) is 17.0 Å². The van der Waals surface area contributed by atoms with Gasteiger partial charge in [0.2, 0.25) is 0 Å². The third-order valence-corrected chi connectivity index (χ3v) is 8.16. The maximum Gasteiger partial charge on any atom is 0.307 e. The number of hydrogen-bond acceptors (Lipinski definition) is 5. The van der Waals surface area contributed by atoms with Gasteiger partial charge in [0.25, 0.3) is 11.8 Å². The van der Waals surface area contributed by atoms with E-state index < -0.39 is 16.1 Å². The molecule has 190 valence electrons. The fourth-order valence-corrected chi connectivity index (χ4v) is 5.21. The van der Waals surface area contributed by atoms with Crippen molar-refractivity contribution in [1.82, 2.24) is 23.4 Å². The number of amides is 2. The average molecular weight is 530 g/mol. The Morgan fingerprint density at radius 1 is 1.00 bits per heavy atom. The van der Waals surface area contributed by atoms with Crippen molar-refractivity contribution in [3.63, 3.8) is 0 Å². The van der Waals surface area contributed by atoms with E-state index in [0.717, 1.165) is 4.31 Å². The molecule has 0 radical (unpaired) electrons. The quantitative estimate of drug-likeness (QED) is 0.495. The van der Waals surface area contributed by atoms with Crippen LogP contribution in [0.3, 0.4) is 0 Å². The molecule has 0 atom stereocenters. The maximum atomic E-state index is 13.6. The summed E-state index contributed by atoms with van der Waals surface area (Å²) in [7, 11) is 1.06. The van der Waals surface area contributed by atoms with Crippen molar-refractivity contribution in [3.05, 3.63) is 76.6 Å². The van der Waals surface area contributed by atoms with E-state index in [0.29, 0.717) is 42.6 Å². The summed E-state index contributed by atoms with van der Waals surface area (Å²) < 4.78 is 28.2. The highest BCUT2D eigenvalue weighted by Crippen LogP contribution is 2.26. The first-order chi connectivity index (χ1) is 17.1. The topological polar surface area (TPSA) is 95.0 Å². The number of para-hydroxylation sites is 1. The van der Waals surface area contributed by atoms with Gasteiger partial charge in [-0.15, -0.1) is 0 Å². The van der Waals surface area contributed by atoms with Crippen molar-refractivity contribution >= 4 is 50.6 Å². The molecule has 4 rings (SSSR count). The van der Waals surface area contributed by atoms with Crippen LogP contribution in [0.15, 0.2) is 60.4 Å². The first kappa shape index (κ1) is 25.9. The van der Waals surface area contributed by atoms with E-state index in [9.17, 15) is 18.0 Å². The number of carbonyl (C=O) groups excluding carboxylic acids is 2. The molecule has 0 saturated carbocycles. The smallest absolute Gasteiger partial charge is 0.307 e. The normalized spacial score (nSPS) is 15.5. The number of halogens is 1. The molecule has 36 heavy (non-hydrogen) atoms. The van der Waals surface area contributed by atoms with Crippen LogP contribution in [-0.4, -0.2) is 85.6 Å². The number of likely N-dealkylation sites (N-methyl/N-ethyl adjacent to an activating group) is 1. The largest absolute Gasteiger partial charge is 0.335 e. The molecule has 11 heteroatoms. The minimum absolute atomic E-state index is 0.0367. The third kappa shape index (κ3) is 5.17. The van der Waals surface area contributed by atoms with Crippen LogP contribution in [0, 0.1) is 0 Å². The van der Waals surface area contributed by atoms with Gasteiger partial charge in [-0.3, -0.25) is 9.59 Å². The van der Waals surface area contributed by atoms with Crippen molar-refractivity contribution in [2.24, 2.45) is 0 Å². The Balaban J connectivity index is 1.81. The minimum Gasteiger partial charge on any atom is -0.335 e. The van der Waals surface area contributed by atoms with Gasteiger partial charge in [0.15, 0.2) is 0 Å². The average Bonchev–Trinajstić information content (AvgIpc) is 3.23. The number of carbonyl (C=O) groups is 2. The molecule has 0 spiro atoms. The van der Waals surface area contributed by atoms with Gasteiger partial charge in [0.05, 0.1) is 16.1 Å². The van der Waals surface area contributed by atoms with E-state index in [2.05, 4.69) is 10.2 Å². The van der Waals surface area contributed by atoms with Crippen LogP contribution in [-0.2, 0) is 15.0 Å². The Hall–Kier alpha value is -3.18. The number of fused-ring (bicyclic) bond motifs is 1. The van der Waals surface area contributed by atoms with E-state index >= 15 is 0 Å². The SMILES string of the molecule is CN1CCN(C(=O)C(=Cc2cn(S(=O)(=O)N(C)C)c3ccccc23)NC(=O)c2ccccc2Cl)CC1. The number of aromatic nitrogens is 1. The molecule has 3 aromatic rings. The highest BCUT2D eigenvalue weighted by atomic mass is 35.5. The maximum absolute atomic E-state index is 13.6. The van der Waals surface area contributed by atoms with Crippen molar-refractivity contribution in [2.75, 3.05) is 47.3 Å². The standard InChI is InChI=1S/C25H28ClN5O4S/c1-28(2)36(34,35)31-17-18(19-8-5-7-11-23(19)31)16-22(25(33)30-14-12-29(3)13-15-30)27-24(32)20-9-4-6-10-21(20)26/h4-11,16-17H,12-15H2,1-3H3,(H,27,32). The number of hydrogen-bond donors (Lipinski definition) is 1. The summed E-state index contributed by atoms with van der Waals surface area (Å²) in [6.45, 7) is 2.42. The van der Waals surface area contributed by atoms with Gasteiger partial charge in [-0.1, -0.05) is 41.9 Å². The minimum atomic E-state index is -3.82. The summed E-state index contributed by atoms with van der Waals surface area (Å²) >= 11 is 6.21. The number of rotatable bonds is 6. The van der Waals surface area contributed by atoms with Crippen molar-refractivity contribution < 1.29 is 18.0 Å². The fourth-order valence-electron chi connectivity index (χ4n) is 3.98. The highest BCUT2D eigenvalue weighted by molar-refractivity contribution is 7.87. The van der Waals surface area contributed by atoms with Crippen LogP contribution in [0.1, 0.15) is 15.9 Å². The lowest BCUT2D eigenvalue weighted by Crippen LogP contribution is -2.49. The Kier molecular flexibility index (Phi) is 7.51. The van der Waals surface area contributed by atoms with Crippen molar-refractivity contribution in [3.8, 4) is 0 Å². The summed E-state index contributed by atoms with van der Waals surface area (Å²) in [6, 6.07) is 13.6. The van der Waals surface area contributed by atoms with Gasteiger partial charge in [0.1, 0.15) is 5.70 Å². The summed E-state index contributed by atoms with van der Waals surface area (Å²) in [5.41, 5.74) is 1.21. The molecular formula is C25H28ClN5O4S. The van der Waals surface area contributed by atoms with E-state index in [1.165, 1.54) is 30.3 Å². The van der Waals surface area contributed by atoms with Gasteiger partial charge >= 0.3 is 10.2 Å². The molecule has 1 aliphatic rings. The van der Waals surface area contributed by atoms with Gasteiger partial charge in [0, 0.05) is 57.4 Å². The molecule has 1 aliphatic heterocycles. The molecule has 0 bridgehead atoms. The lowest BCUT2D eigenvalue weighted by atomic mass is 10.1. The summed E-state index contributed by atoms with van der Waals surface area (Å²) in [5.74, 6) is -0.880. The van der Waals surface area contributed by atoms with Crippen LogP contribution in [0.2, 0.25) is 5.02 Å². The van der Waals surface area contributed by atoms with Gasteiger partial charge in [-0.05, 0) is 31.3 Å². The predicted octanol–water partition coefficient (Wildman–Crippen LogP) is 2.49. The highest BCUT2D eigenvalue weighted by Gasteiger charge is 2.26. The van der Waals surface area contributed by atoms with Gasteiger partial charge in [-0.25, -0.2) is 3.97 Å². The monoisotopic (exact) mass is 529 g/mol. The molecule has 1 N–H and O–H groups in total. The number of piperazine rings is 1. The summed E-state index contributed by atoms with van der Waals surface area (Å²) in [4.78, 5) is 30.5. The molecule has 2 amide bonds. The Bertz CT molecular complexity index is 1440. The van der Waals surface area contributed by atoms with Crippen molar-refractivity contribution in [1.29, 1.82) is 0 Å². The Morgan fingerprint density at radius 2 is 1.64 bits per heavy atom. The summed E-state index contributed by atoms with van der Waals surface area (Å²) in [6.07, 6.45) is 2.98. The fraction of sp³-hybridized carbons (Fsp3) is 0.280. The van der Waals surface area contributed by atoms with Crippen molar-refractivity contribution in [2.45, 2.75) is 0 Å². The molecule has 1 fully saturated rings. The number of nitrogens with zero attached hydrogens (tertiary/aromatic N) is 4. The van der Waals surface area contributed by atoms with Crippen LogP contribution < -0.4 is 5.32 Å². The second-order valence-electron chi connectivity index (χ2n) is 8.78.